The molecule has 1 aromatic carbocycles. The van der Waals surface area contributed by atoms with Crippen LogP contribution in [0.2, 0.25) is 0 Å². The molecule has 3 unspecified atom stereocenters. The van der Waals surface area contributed by atoms with Crippen LogP contribution in [0, 0.1) is 11.1 Å². The summed E-state index contributed by atoms with van der Waals surface area (Å²) in [5, 5.41) is 14.3. The Balaban J connectivity index is 1.28. The first-order chi connectivity index (χ1) is 18.7. The molecule has 3 aliphatic rings. The molecule has 0 saturated carbocycles. The average Bonchev–Trinajstić information content (AvgIpc) is 3.67. The summed E-state index contributed by atoms with van der Waals surface area (Å²) in [6.45, 7) is 6.24. The smallest absolute Gasteiger partial charge is 0.255 e. The highest BCUT2D eigenvalue weighted by molar-refractivity contribution is 6.03. The number of Topliss-reactive ketones (excluding diaryl/α,β-unsaturated/α-hetero) is 1. The third kappa shape index (κ3) is 5.46. The molecule has 5 rings (SSSR count). The first-order valence-electron chi connectivity index (χ1n) is 13.7. The van der Waals surface area contributed by atoms with Gasteiger partial charge in [-0.25, -0.2) is 0 Å². The monoisotopic (exact) mass is 533 g/mol. The van der Waals surface area contributed by atoms with E-state index in [4.69, 9.17) is 0 Å². The van der Waals surface area contributed by atoms with Gasteiger partial charge in [0, 0.05) is 43.0 Å². The van der Waals surface area contributed by atoms with Crippen molar-refractivity contribution in [3.8, 4) is 0 Å². The molecule has 0 aliphatic carbocycles. The summed E-state index contributed by atoms with van der Waals surface area (Å²) in [7, 11) is 0. The fraction of sp³-hybridized carbons (Fsp3) is 0.483. The summed E-state index contributed by atoms with van der Waals surface area (Å²) in [5.41, 5.74) is 1.89. The van der Waals surface area contributed by atoms with Crippen LogP contribution in [0.5, 0.6) is 0 Å². The van der Waals surface area contributed by atoms with Crippen LogP contribution in [0.3, 0.4) is 0 Å². The van der Waals surface area contributed by atoms with Crippen molar-refractivity contribution >= 4 is 29.2 Å². The Morgan fingerprint density at radius 3 is 2.28 bits per heavy atom. The van der Waals surface area contributed by atoms with Crippen molar-refractivity contribution in [3.05, 3.63) is 65.1 Å². The molecule has 3 saturated heterocycles. The minimum atomic E-state index is -0.784. The first-order valence-corrected chi connectivity index (χ1v) is 13.7. The number of hydrogen-bond acceptors (Lipinski definition) is 6. The van der Waals surface area contributed by atoms with Gasteiger partial charge in [0.2, 0.25) is 5.91 Å². The molecular formula is C29H35N5O5. The van der Waals surface area contributed by atoms with Gasteiger partial charge in [0.15, 0.2) is 18.2 Å². The number of ketones is 1. The van der Waals surface area contributed by atoms with Gasteiger partial charge in [0.25, 0.3) is 11.8 Å². The Labute approximate surface area is 228 Å². The van der Waals surface area contributed by atoms with E-state index in [9.17, 15) is 24.4 Å². The highest BCUT2D eigenvalue weighted by Crippen LogP contribution is 2.32. The Morgan fingerprint density at radius 1 is 0.974 bits per heavy atom. The fourth-order valence-corrected chi connectivity index (χ4v) is 5.99. The number of pyridine rings is 1. The molecule has 2 aromatic rings. The van der Waals surface area contributed by atoms with E-state index in [1.54, 1.807) is 17.0 Å². The molecule has 1 aromatic heterocycles. The van der Waals surface area contributed by atoms with Crippen LogP contribution in [-0.4, -0.2) is 77.6 Å². The number of fused-ring (bicyclic) bond motifs is 1. The van der Waals surface area contributed by atoms with Gasteiger partial charge in [0.1, 0.15) is 12.1 Å². The number of hydrogen-bond donors (Lipinski definition) is 1. The van der Waals surface area contributed by atoms with Gasteiger partial charge in [-0.2, -0.15) is 4.73 Å². The number of rotatable bonds is 7. The van der Waals surface area contributed by atoms with Gasteiger partial charge < -0.3 is 25.2 Å². The molecule has 3 fully saturated rings. The zero-order chi connectivity index (χ0) is 27.7. The average molecular weight is 534 g/mol. The van der Waals surface area contributed by atoms with Gasteiger partial charge in [-0.3, -0.25) is 19.2 Å². The second-order valence-corrected chi connectivity index (χ2v) is 11.1. The molecule has 10 nitrogen and oxygen atoms in total. The van der Waals surface area contributed by atoms with Crippen molar-refractivity contribution in [1.82, 2.24) is 15.1 Å². The van der Waals surface area contributed by atoms with Crippen molar-refractivity contribution in [2.45, 2.75) is 57.7 Å². The van der Waals surface area contributed by atoms with E-state index < -0.39 is 18.1 Å². The second-order valence-electron chi connectivity index (χ2n) is 11.1. The number of nitrogens with one attached hydrogen (secondary N) is 1. The number of benzene rings is 1. The van der Waals surface area contributed by atoms with Gasteiger partial charge in [-0.05, 0) is 55.9 Å². The molecule has 39 heavy (non-hydrogen) atoms. The molecule has 206 valence electrons. The lowest BCUT2D eigenvalue weighted by molar-refractivity contribution is -0.605. The first kappa shape index (κ1) is 26.6. The fourth-order valence-electron chi connectivity index (χ4n) is 5.99. The van der Waals surface area contributed by atoms with Crippen LogP contribution in [-0.2, 0) is 9.59 Å². The summed E-state index contributed by atoms with van der Waals surface area (Å²) in [6.07, 6.45) is 5.73. The van der Waals surface area contributed by atoms with E-state index in [0.29, 0.717) is 35.2 Å². The molecule has 0 bridgehead atoms. The van der Waals surface area contributed by atoms with Crippen LogP contribution in [0.15, 0.2) is 48.8 Å². The maximum atomic E-state index is 13.8. The Bertz CT molecular complexity index is 1240. The Kier molecular flexibility index (Phi) is 7.54. The molecule has 3 amide bonds. The highest BCUT2D eigenvalue weighted by Gasteiger charge is 2.52. The molecule has 4 heterocycles. The van der Waals surface area contributed by atoms with Crippen LogP contribution in [0.4, 0.5) is 5.69 Å². The lowest BCUT2D eigenvalue weighted by Gasteiger charge is -2.29. The SMILES string of the molecule is CC(C)CC(NC(=O)c1ccc(N2CCCC2)cc1)C(=O)N1CCC2C1C(=O)CN2C(=O)c1cc[n+]([O-])cc1. The third-order valence-electron chi connectivity index (χ3n) is 7.93. The maximum Gasteiger partial charge on any atom is 0.255 e. The van der Waals surface area contributed by atoms with E-state index in [1.165, 1.54) is 42.3 Å². The maximum absolute atomic E-state index is 13.8. The van der Waals surface area contributed by atoms with Crippen molar-refractivity contribution in [1.29, 1.82) is 0 Å². The van der Waals surface area contributed by atoms with Crippen LogP contribution < -0.4 is 14.9 Å². The summed E-state index contributed by atoms with van der Waals surface area (Å²) in [4.78, 5) is 58.4. The Hall–Kier alpha value is -3.95. The number of aromatic nitrogens is 1. The predicted octanol–water partition coefficient (Wildman–Crippen LogP) is 1.76. The van der Waals surface area contributed by atoms with Crippen LogP contribution >= 0.6 is 0 Å². The van der Waals surface area contributed by atoms with E-state index >= 15 is 0 Å². The van der Waals surface area contributed by atoms with E-state index in [2.05, 4.69) is 10.2 Å². The molecule has 3 aliphatic heterocycles. The van der Waals surface area contributed by atoms with Crippen molar-refractivity contribution < 1.29 is 23.9 Å². The van der Waals surface area contributed by atoms with Gasteiger partial charge in [-0.15, -0.1) is 0 Å². The molecule has 0 spiro atoms. The lowest BCUT2D eigenvalue weighted by atomic mass is 10.0. The number of carbonyl (C=O) groups excluding carboxylic acids is 4. The van der Waals surface area contributed by atoms with Crippen LogP contribution in [0.25, 0.3) is 0 Å². The summed E-state index contributed by atoms with van der Waals surface area (Å²) in [5.74, 6) is -1.02. The number of amides is 3. The minimum absolute atomic E-state index is 0.0885. The largest absolute Gasteiger partial charge is 0.619 e. The topological polar surface area (TPSA) is 117 Å². The number of likely N-dealkylation sites (tertiary alicyclic amines) is 2. The summed E-state index contributed by atoms with van der Waals surface area (Å²) >= 11 is 0. The van der Waals surface area contributed by atoms with Crippen molar-refractivity contribution in [2.75, 3.05) is 31.1 Å². The number of carbonyl (C=O) groups is 4. The van der Waals surface area contributed by atoms with E-state index in [1.807, 2.05) is 26.0 Å². The van der Waals surface area contributed by atoms with Gasteiger partial charge in [-0.1, -0.05) is 13.8 Å². The molecular weight excluding hydrogens is 498 g/mol. The summed E-state index contributed by atoms with van der Waals surface area (Å²) in [6, 6.07) is 8.36. The number of nitrogens with zero attached hydrogens (tertiary/aromatic N) is 4. The quantitative estimate of drug-likeness (QED) is 0.428. The van der Waals surface area contributed by atoms with Crippen molar-refractivity contribution in [3.63, 3.8) is 0 Å². The molecule has 3 atom stereocenters. The normalized spacial score (nSPS) is 21.4. The van der Waals surface area contributed by atoms with Crippen LogP contribution in [0.1, 0.15) is 60.2 Å². The van der Waals surface area contributed by atoms with E-state index in [-0.39, 0.29) is 36.0 Å². The van der Waals surface area contributed by atoms with Gasteiger partial charge >= 0.3 is 0 Å². The minimum Gasteiger partial charge on any atom is -0.619 e. The third-order valence-corrected chi connectivity index (χ3v) is 7.93. The lowest BCUT2D eigenvalue weighted by Crippen LogP contribution is -2.53. The van der Waals surface area contributed by atoms with E-state index in [0.717, 1.165) is 18.8 Å². The zero-order valence-electron chi connectivity index (χ0n) is 22.4. The molecule has 1 N–H and O–H groups in total. The molecule has 0 radical (unpaired) electrons. The van der Waals surface area contributed by atoms with Crippen molar-refractivity contribution in [2.24, 2.45) is 5.92 Å². The highest BCUT2D eigenvalue weighted by atomic mass is 16.5. The second kappa shape index (κ2) is 11.0. The standard InChI is InChI=1S/C29H35N5O5/c1-19(2)17-23(30-27(36)20-5-7-22(8-6-20)31-12-3-4-13-31)29(38)33-16-11-24-26(33)25(35)18-34(24)28(37)21-9-14-32(39)15-10-21/h5-10,14-15,19,23-24,26H,3-4,11-13,16-18H2,1-2H3,(H,30,36). The molecule has 10 heteroatoms. The van der Waals surface area contributed by atoms with Gasteiger partial charge in [0.05, 0.1) is 18.2 Å². The number of anilines is 1. The predicted molar refractivity (Wildman–Crippen MR) is 144 cm³/mol. The Morgan fingerprint density at radius 2 is 1.64 bits per heavy atom. The summed E-state index contributed by atoms with van der Waals surface area (Å²) < 4.78 is 0.593. The zero-order valence-corrected chi connectivity index (χ0v) is 22.4.